The second-order valence-electron chi connectivity index (χ2n) is 14.3. The molecule has 2 N–H and O–H groups in total. The minimum absolute atomic E-state index is 0.0311. The summed E-state index contributed by atoms with van der Waals surface area (Å²) in [6, 6.07) is 6.31. The molecule has 2 aromatic heterocycles. The van der Waals surface area contributed by atoms with Gasteiger partial charge in [0.25, 0.3) is 12.3 Å². The Labute approximate surface area is 309 Å². The van der Waals surface area contributed by atoms with Gasteiger partial charge in [-0.2, -0.15) is 23.4 Å². The normalized spacial score (nSPS) is 20.2. The fourth-order valence-electron chi connectivity index (χ4n) is 6.56. The molecule has 6 rings (SSSR count). The molecular weight excluding hydrogens is 730 g/mol. The van der Waals surface area contributed by atoms with Crippen LogP contribution in [0.3, 0.4) is 0 Å². The average molecular weight is 768 g/mol. The van der Waals surface area contributed by atoms with E-state index in [1.807, 2.05) is 0 Å². The van der Waals surface area contributed by atoms with Gasteiger partial charge in [0, 0.05) is 28.4 Å². The molecule has 0 bridgehead atoms. The Morgan fingerprint density at radius 1 is 1.13 bits per heavy atom. The highest BCUT2D eigenvalue weighted by Crippen LogP contribution is 2.60. The van der Waals surface area contributed by atoms with Crippen LogP contribution in [-0.2, 0) is 26.8 Å². The topological polar surface area (TPSA) is 134 Å². The summed E-state index contributed by atoms with van der Waals surface area (Å²) in [5, 5.41) is 7.57. The van der Waals surface area contributed by atoms with Gasteiger partial charge < -0.3 is 10.5 Å². The maximum absolute atomic E-state index is 16.0. The van der Waals surface area contributed by atoms with Crippen LogP contribution in [0.25, 0.3) is 16.8 Å². The Bertz CT molecular complexity index is 2200. The van der Waals surface area contributed by atoms with Crippen LogP contribution >= 0.6 is 11.6 Å². The molecule has 18 heteroatoms. The van der Waals surface area contributed by atoms with Crippen molar-refractivity contribution in [3.8, 4) is 16.8 Å². The number of carbonyl (C=O) groups excluding carboxylic acids is 2. The van der Waals surface area contributed by atoms with Crippen molar-refractivity contribution >= 4 is 29.4 Å². The molecule has 53 heavy (non-hydrogen) atoms. The summed E-state index contributed by atoms with van der Waals surface area (Å²) in [6.45, 7) is 2.00. The van der Waals surface area contributed by atoms with E-state index in [9.17, 15) is 31.5 Å². The van der Waals surface area contributed by atoms with E-state index in [4.69, 9.17) is 26.2 Å². The number of benzene rings is 2. The molecule has 2 aromatic carbocycles. The number of amides is 1. The summed E-state index contributed by atoms with van der Waals surface area (Å²) in [7, 11) is 0. The van der Waals surface area contributed by atoms with Crippen molar-refractivity contribution < 1.29 is 44.8 Å². The first-order chi connectivity index (χ1) is 26.0. The van der Waals surface area contributed by atoms with Crippen molar-refractivity contribution in [1.29, 1.82) is 0 Å². The quantitative estimate of drug-likeness (QED) is 0.126. The van der Waals surface area contributed by atoms with Gasteiger partial charge in [0.15, 0.2) is 17.3 Å². The van der Waals surface area contributed by atoms with Crippen LogP contribution in [0, 0.1) is 16.6 Å². The summed E-state index contributed by atoms with van der Waals surface area (Å²) in [5.41, 5.74) is 1.78. The van der Waals surface area contributed by atoms with E-state index in [0.717, 1.165) is 28.2 Å². The third-order valence-electron chi connectivity index (χ3n) is 9.26. The van der Waals surface area contributed by atoms with Crippen LogP contribution in [0.1, 0.15) is 80.0 Å². The molecule has 0 unspecified atom stereocenters. The number of ether oxygens (including phenoxy) is 1. The molecule has 1 saturated carbocycles. The van der Waals surface area contributed by atoms with Crippen molar-refractivity contribution in [1.82, 2.24) is 29.4 Å². The summed E-state index contributed by atoms with van der Waals surface area (Å²) in [6.07, 6.45) is -6.13. The summed E-state index contributed by atoms with van der Waals surface area (Å²) in [4.78, 5) is 37.0. The van der Waals surface area contributed by atoms with Crippen molar-refractivity contribution in [3.05, 3.63) is 82.9 Å². The molecule has 1 fully saturated rings. The average Bonchev–Trinajstić information content (AvgIpc) is 3.39. The number of alkyl halides is 5. The van der Waals surface area contributed by atoms with Crippen LogP contribution < -0.4 is 5.73 Å². The van der Waals surface area contributed by atoms with E-state index < -0.39 is 84.5 Å². The molecule has 3 heterocycles. The zero-order valence-corrected chi connectivity index (χ0v) is 29.2. The zero-order chi connectivity index (χ0) is 41.2. The molecule has 0 radical (unpaired) electrons. The molecule has 1 amide bonds. The standard InChI is InChI=1S/C35H35ClF6N8O3/c1-32(2,3)17-34(21-6-7-22(24(37)12-21)20-14-45-48(4)15-20)30(52)49(31(43)47-34)26(16-53-27(51)13-33(9-10-33)35(40,41)42)19-5-8-23(36)25(11-19)50-29(28(38)39)44-18-46-50/h5-8,11-12,14-15,18,26,28H,9-10,13,16-17H2,1-4H3,(H2,43,47)/t26-,34-/m1/s1/i4D3. The lowest BCUT2D eigenvalue weighted by molar-refractivity contribution is -0.195. The Hall–Kier alpha value is -4.93. The zero-order valence-electron chi connectivity index (χ0n) is 31.5. The number of hydrogen-bond acceptors (Lipinski definition) is 8. The monoisotopic (exact) mass is 767 g/mol. The number of nitrogens with two attached hydrogens (primary N) is 1. The largest absolute Gasteiger partial charge is 0.463 e. The minimum atomic E-state index is -4.66. The van der Waals surface area contributed by atoms with Gasteiger partial charge in [-0.15, -0.1) is 0 Å². The van der Waals surface area contributed by atoms with E-state index in [1.165, 1.54) is 36.5 Å². The first kappa shape index (κ1) is 33.9. The molecule has 4 aromatic rings. The van der Waals surface area contributed by atoms with Gasteiger partial charge in [-0.1, -0.05) is 50.6 Å². The SMILES string of the molecule is [2H]C([2H])([2H])n1cc(-c2ccc([C@@]3(CC(C)(C)C)N=C(N)N([C@H](COC(=O)CC4(C(F)(F)F)CC4)c4ccc(Cl)c(-n5ncnc5C(F)F)c4)C3=O)cc2F)cn1. The van der Waals surface area contributed by atoms with Crippen molar-refractivity contribution in [2.75, 3.05) is 6.61 Å². The molecule has 282 valence electrons. The van der Waals surface area contributed by atoms with E-state index in [1.54, 1.807) is 20.8 Å². The van der Waals surface area contributed by atoms with Crippen molar-refractivity contribution in [2.24, 2.45) is 28.5 Å². The molecule has 0 spiro atoms. The predicted octanol–water partition coefficient (Wildman–Crippen LogP) is 7.20. The lowest BCUT2D eigenvalue weighted by Crippen LogP contribution is -2.47. The molecule has 2 atom stereocenters. The third kappa shape index (κ3) is 7.22. The Morgan fingerprint density at radius 2 is 1.87 bits per heavy atom. The number of aromatic nitrogens is 5. The number of aryl methyl sites for hydroxylation is 1. The maximum atomic E-state index is 16.0. The number of guanidine groups is 1. The van der Waals surface area contributed by atoms with Gasteiger partial charge in [-0.25, -0.2) is 27.8 Å². The number of nitrogens with zero attached hydrogens (tertiary/aromatic N) is 7. The molecule has 0 saturated heterocycles. The molecular formula is C35H35ClF6N8O3. The number of esters is 1. The number of hydrogen-bond donors (Lipinski definition) is 1. The number of aliphatic imine (C=N–C) groups is 1. The van der Waals surface area contributed by atoms with Crippen molar-refractivity contribution in [2.45, 2.75) is 70.6 Å². The lowest BCUT2D eigenvalue weighted by atomic mass is 9.75. The Morgan fingerprint density at radius 3 is 2.47 bits per heavy atom. The number of halogens is 7. The molecule has 11 nitrogen and oxygen atoms in total. The number of carbonyl (C=O) groups is 2. The van der Waals surface area contributed by atoms with Crippen molar-refractivity contribution in [3.63, 3.8) is 0 Å². The molecule has 2 aliphatic rings. The predicted molar refractivity (Wildman–Crippen MR) is 180 cm³/mol. The Kier molecular flexibility index (Phi) is 8.62. The van der Waals surface area contributed by atoms with Crippen LogP contribution in [0.2, 0.25) is 5.02 Å². The van der Waals surface area contributed by atoms with E-state index >= 15 is 4.39 Å². The first-order valence-corrected chi connectivity index (χ1v) is 16.6. The van der Waals surface area contributed by atoms with E-state index in [0.29, 0.717) is 4.68 Å². The van der Waals surface area contributed by atoms with Gasteiger partial charge in [-0.3, -0.25) is 19.2 Å². The summed E-state index contributed by atoms with van der Waals surface area (Å²) >= 11 is 6.41. The van der Waals surface area contributed by atoms with E-state index in [2.05, 4.69) is 20.2 Å². The second kappa shape index (κ2) is 13.5. The van der Waals surface area contributed by atoms with Crippen LogP contribution in [0.5, 0.6) is 0 Å². The second-order valence-corrected chi connectivity index (χ2v) is 14.7. The van der Waals surface area contributed by atoms with Gasteiger partial charge in [-0.05, 0) is 54.0 Å². The minimum Gasteiger partial charge on any atom is -0.463 e. The molecule has 1 aliphatic heterocycles. The first-order valence-electron chi connectivity index (χ1n) is 17.7. The highest BCUT2D eigenvalue weighted by atomic mass is 35.5. The molecule has 1 aliphatic carbocycles. The van der Waals surface area contributed by atoms with Gasteiger partial charge >= 0.3 is 12.1 Å². The van der Waals surface area contributed by atoms with Gasteiger partial charge in [0.1, 0.15) is 18.8 Å². The van der Waals surface area contributed by atoms with Crippen LogP contribution in [-0.4, -0.2) is 60.1 Å². The van der Waals surface area contributed by atoms with Crippen LogP contribution in [0.15, 0.2) is 60.1 Å². The smallest absolute Gasteiger partial charge is 0.395 e. The van der Waals surface area contributed by atoms with Gasteiger partial charge in [0.05, 0.1) is 34.8 Å². The summed E-state index contributed by atoms with van der Waals surface area (Å²) in [5.74, 6) is -4.09. The number of rotatable bonds is 11. The highest BCUT2D eigenvalue weighted by molar-refractivity contribution is 6.32. The fraction of sp³-hybridized carbons (Fsp3) is 0.429. The lowest BCUT2D eigenvalue weighted by Gasteiger charge is -2.35. The maximum Gasteiger partial charge on any atom is 0.395 e. The fourth-order valence-corrected chi connectivity index (χ4v) is 6.75. The Balaban J connectivity index is 1.42. The third-order valence-corrected chi connectivity index (χ3v) is 9.57. The summed E-state index contributed by atoms with van der Waals surface area (Å²) < 4.78 is 114. The van der Waals surface area contributed by atoms with Crippen LogP contribution in [0.4, 0.5) is 26.3 Å². The van der Waals surface area contributed by atoms with Gasteiger partial charge in [0.2, 0.25) is 0 Å². The highest BCUT2D eigenvalue weighted by Gasteiger charge is 2.64. The van der Waals surface area contributed by atoms with E-state index in [-0.39, 0.29) is 52.2 Å².